The second-order valence-corrected chi connectivity index (χ2v) is 6.21. The molecule has 0 aliphatic carbocycles. The summed E-state index contributed by atoms with van der Waals surface area (Å²) in [6.07, 6.45) is 4.10. The molecular formula is C18H19ClN2O3. The van der Waals surface area contributed by atoms with Crippen LogP contribution in [0.25, 0.3) is 0 Å². The average Bonchev–Trinajstić information content (AvgIpc) is 2.59. The summed E-state index contributed by atoms with van der Waals surface area (Å²) in [4.78, 5) is 16.1. The van der Waals surface area contributed by atoms with Gasteiger partial charge in [-0.2, -0.15) is 0 Å². The Labute approximate surface area is 145 Å². The van der Waals surface area contributed by atoms with Crippen LogP contribution in [0.5, 0.6) is 11.6 Å². The molecule has 126 valence electrons. The van der Waals surface area contributed by atoms with Crippen molar-refractivity contribution in [3.63, 3.8) is 0 Å². The van der Waals surface area contributed by atoms with E-state index < -0.39 is 0 Å². The van der Waals surface area contributed by atoms with Crippen LogP contribution in [-0.4, -0.2) is 24.1 Å². The average molecular weight is 347 g/mol. The molecule has 1 saturated heterocycles. The first-order chi connectivity index (χ1) is 11.7. The predicted octanol–water partition coefficient (Wildman–Crippen LogP) is 4.28. The second kappa shape index (κ2) is 8.13. The van der Waals surface area contributed by atoms with Crippen LogP contribution in [-0.2, 0) is 9.53 Å². The second-order valence-electron chi connectivity index (χ2n) is 5.78. The van der Waals surface area contributed by atoms with E-state index >= 15 is 0 Å². The molecule has 1 atom stereocenters. The number of rotatable bonds is 5. The summed E-state index contributed by atoms with van der Waals surface area (Å²) in [6.45, 7) is 1.48. The number of ether oxygens (including phenoxy) is 2. The van der Waals surface area contributed by atoms with Gasteiger partial charge in [0, 0.05) is 37.6 Å². The van der Waals surface area contributed by atoms with Gasteiger partial charge in [-0.05, 0) is 49.1 Å². The molecular weight excluding hydrogens is 328 g/mol. The number of pyridine rings is 1. The van der Waals surface area contributed by atoms with Gasteiger partial charge in [0.25, 0.3) is 0 Å². The lowest BCUT2D eigenvalue weighted by Gasteiger charge is -2.21. The third-order valence-corrected chi connectivity index (χ3v) is 4.01. The van der Waals surface area contributed by atoms with Crippen molar-refractivity contribution in [3.05, 3.63) is 47.6 Å². The highest BCUT2D eigenvalue weighted by Crippen LogP contribution is 2.23. The topological polar surface area (TPSA) is 60.5 Å². The third kappa shape index (κ3) is 4.94. The van der Waals surface area contributed by atoms with E-state index in [9.17, 15) is 4.79 Å². The summed E-state index contributed by atoms with van der Waals surface area (Å²) >= 11 is 5.79. The van der Waals surface area contributed by atoms with E-state index in [0.717, 1.165) is 25.1 Å². The molecule has 2 heterocycles. The van der Waals surface area contributed by atoms with E-state index in [1.165, 1.54) is 6.20 Å². The van der Waals surface area contributed by atoms with E-state index in [1.807, 2.05) is 0 Å². The van der Waals surface area contributed by atoms with Crippen LogP contribution in [0, 0.1) is 5.92 Å². The van der Waals surface area contributed by atoms with Crippen LogP contribution in [0.2, 0.25) is 5.02 Å². The van der Waals surface area contributed by atoms with Crippen LogP contribution in [0.15, 0.2) is 42.6 Å². The zero-order chi connectivity index (χ0) is 16.8. The standard InChI is InChI=1S/C18H19ClN2O3/c19-14-3-8-18(20-11-14)24-16-6-4-15(5-7-16)21-17(22)10-13-2-1-9-23-12-13/h3-8,11,13H,1-2,9-10,12H2,(H,21,22)/t13-/m0/s1. The highest BCUT2D eigenvalue weighted by atomic mass is 35.5. The van der Waals surface area contributed by atoms with Gasteiger partial charge in [-0.3, -0.25) is 4.79 Å². The van der Waals surface area contributed by atoms with Crippen molar-refractivity contribution in [3.8, 4) is 11.6 Å². The van der Waals surface area contributed by atoms with Crippen LogP contribution in [0.3, 0.4) is 0 Å². The molecule has 0 saturated carbocycles. The first kappa shape index (κ1) is 16.7. The molecule has 1 aromatic carbocycles. The summed E-state index contributed by atoms with van der Waals surface area (Å²) in [5.74, 6) is 1.44. The third-order valence-electron chi connectivity index (χ3n) is 3.79. The van der Waals surface area contributed by atoms with E-state index in [0.29, 0.717) is 35.6 Å². The molecule has 1 N–H and O–H groups in total. The van der Waals surface area contributed by atoms with Gasteiger partial charge in [0.05, 0.1) is 5.02 Å². The predicted molar refractivity (Wildman–Crippen MR) is 92.6 cm³/mol. The van der Waals surface area contributed by atoms with Crippen LogP contribution in [0.1, 0.15) is 19.3 Å². The van der Waals surface area contributed by atoms with Gasteiger partial charge in [-0.1, -0.05) is 11.6 Å². The Kier molecular flexibility index (Phi) is 5.67. The molecule has 0 unspecified atom stereocenters. The smallest absolute Gasteiger partial charge is 0.224 e. The zero-order valence-corrected chi connectivity index (χ0v) is 14.0. The van der Waals surface area contributed by atoms with Gasteiger partial charge in [0.1, 0.15) is 5.75 Å². The van der Waals surface area contributed by atoms with Gasteiger partial charge in [0.15, 0.2) is 0 Å². The number of hydrogen-bond acceptors (Lipinski definition) is 4. The van der Waals surface area contributed by atoms with Gasteiger partial charge in [0.2, 0.25) is 11.8 Å². The Bertz CT molecular complexity index is 668. The molecule has 0 bridgehead atoms. The molecule has 1 fully saturated rings. The van der Waals surface area contributed by atoms with E-state index in [2.05, 4.69) is 10.3 Å². The van der Waals surface area contributed by atoms with Crippen LogP contribution in [0.4, 0.5) is 5.69 Å². The van der Waals surface area contributed by atoms with Crippen molar-refractivity contribution in [2.24, 2.45) is 5.92 Å². The molecule has 6 heteroatoms. The maximum Gasteiger partial charge on any atom is 0.224 e. The Hall–Kier alpha value is -2.11. The Morgan fingerprint density at radius 1 is 1.29 bits per heavy atom. The minimum Gasteiger partial charge on any atom is -0.439 e. The number of amides is 1. The summed E-state index contributed by atoms with van der Waals surface area (Å²) in [5, 5.41) is 3.46. The lowest BCUT2D eigenvalue weighted by molar-refractivity contribution is -0.118. The molecule has 3 rings (SSSR count). The van der Waals surface area contributed by atoms with Crippen molar-refractivity contribution in [1.82, 2.24) is 4.98 Å². The summed E-state index contributed by atoms with van der Waals surface area (Å²) in [5.41, 5.74) is 0.744. The number of nitrogens with one attached hydrogen (secondary N) is 1. The lowest BCUT2D eigenvalue weighted by atomic mass is 9.98. The van der Waals surface area contributed by atoms with Crippen molar-refractivity contribution < 1.29 is 14.3 Å². The number of carbonyl (C=O) groups is 1. The van der Waals surface area contributed by atoms with Crippen LogP contribution < -0.4 is 10.1 Å². The number of carbonyl (C=O) groups excluding carboxylic acids is 1. The maximum absolute atomic E-state index is 12.1. The van der Waals surface area contributed by atoms with E-state index in [-0.39, 0.29) is 5.91 Å². The molecule has 0 spiro atoms. The molecule has 1 aliphatic rings. The quantitative estimate of drug-likeness (QED) is 0.877. The fraction of sp³-hybridized carbons (Fsp3) is 0.333. The molecule has 1 aliphatic heterocycles. The summed E-state index contributed by atoms with van der Waals surface area (Å²) in [7, 11) is 0. The number of halogens is 1. The molecule has 24 heavy (non-hydrogen) atoms. The minimum atomic E-state index is 0.0125. The van der Waals surface area contributed by atoms with Crippen molar-refractivity contribution in [2.75, 3.05) is 18.5 Å². The van der Waals surface area contributed by atoms with Gasteiger partial charge < -0.3 is 14.8 Å². The van der Waals surface area contributed by atoms with Gasteiger partial charge >= 0.3 is 0 Å². The minimum absolute atomic E-state index is 0.0125. The zero-order valence-electron chi connectivity index (χ0n) is 13.2. The van der Waals surface area contributed by atoms with Crippen molar-refractivity contribution in [2.45, 2.75) is 19.3 Å². The molecule has 0 radical (unpaired) electrons. The Balaban J connectivity index is 1.52. The Morgan fingerprint density at radius 2 is 2.12 bits per heavy atom. The largest absolute Gasteiger partial charge is 0.439 e. The number of aromatic nitrogens is 1. The van der Waals surface area contributed by atoms with Gasteiger partial charge in [-0.15, -0.1) is 0 Å². The molecule has 2 aromatic rings. The highest BCUT2D eigenvalue weighted by molar-refractivity contribution is 6.30. The fourth-order valence-electron chi connectivity index (χ4n) is 2.59. The first-order valence-corrected chi connectivity index (χ1v) is 8.34. The molecule has 1 aromatic heterocycles. The SMILES string of the molecule is O=C(C[C@@H]1CCCOC1)Nc1ccc(Oc2ccc(Cl)cn2)cc1. The summed E-state index contributed by atoms with van der Waals surface area (Å²) < 4.78 is 11.0. The number of anilines is 1. The number of hydrogen-bond donors (Lipinski definition) is 1. The van der Waals surface area contributed by atoms with Crippen molar-refractivity contribution >= 4 is 23.2 Å². The lowest BCUT2D eigenvalue weighted by Crippen LogP contribution is -2.23. The van der Waals surface area contributed by atoms with Gasteiger partial charge in [-0.25, -0.2) is 4.98 Å². The normalized spacial score (nSPS) is 17.3. The molecule has 1 amide bonds. The molecule has 5 nitrogen and oxygen atoms in total. The monoisotopic (exact) mass is 346 g/mol. The number of nitrogens with zero attached hydrogens (tertiary/aromatic N) is 1. The maximum atomic E-state index is 12.1. The fourth-order valence-corrected chi connectivity index (χ4v) is 2.70. The van der Waals surface area contributed by atoms with E-state index in [4.69, 9.17) is 21.1 Å². The van der Waals surface area contributed by atoms with E-state index in [1.54, 1.807) is 36.4 Å². The van der Waals surface area contributed by atoms with Crippen molar-refractivity contribution in [1.29, 1.82) is 0 Å². The number of benzene rings is 1. The van der Waals surface area contributed by atoms with Crippen LogP contribution >= 0.6 is 11.6 Å². The Morgan fingerprint density at radius 3 is 2.79 bits per heavy atom. The first-order valence-electron chi connectivity index (χ1n) is 7.96. The summed E-state index contributed by atoms with van der Waals surface area (Å²) in [6, 6.07) is 10.6. The highest BCUT2D eigenvalue weighted by Gasteiger charge is 2.17.